The molecule has 0 saturated carbocycles. The Kier molecular flexibility index (Phi) is 4.45. The summed E-state index contributed by atoms with van der Waals surface area (Å²) >= 11 is 0. The summed E-state index contributed by atoms with van der Waals surface area (Å²) in [5.41, 5.74) is 0.650. The van der Waals surface area contributed by atoms with Crippen molar-refractivity contribution in [1.29, 1.82) is 0 Å². The fraction of sp³-hybridized carbons (Fsp3) is 0.417. The lowest BCUT2D eigenvalue weighted by atomic mass is 10.0. The highest BCUT2D eigenvalue weighted by molar-refractivity contribution is 5.70. The SMILES string of the molecule is COC(=O)C[C@H](O)c1c(F)cc(C)cc1OC. The van der Waals surface area contributed by atoms with Crippen LogP contribution in [0.4, 0.5) is 4.39 Å². The maximum atomic E-state index is 13.7. The van der Waals surface area contributed by atoms with Gasteiger partial charge in [0.25, 0.3) is 0 Å². The van der Waals surface area contributed by atoms with Crippen molar-refractivity contribution < 1.29 is 23.8 Å². The fourth-order valence-electron chi connectivity index (χ4n) is 1.56. The largest absolute Gasteiger partial charge is 0.496 e. The molecule has 5 heteroatoms. The molecular formula is C12H15FO4. The Bertz CT molecular complexity index is 417. The third-order valence-electron chi connectivity index (χ3n) is 2.38. The zero-order valence-corrected chi connectivity index (χ0v) is 9.99. The van der Waals surface area contributed by atoms with Gasteiger partial charge in [-0.05, 0) is 24.6 Å². The van der Waals surface area contributed by atoms with Gasteiger partial charge < -0.3 is 14.6 Å². The summed E-state index contributed by atoms with van der Waals surface area (Å²) in [4.78, 5) is 11.0. The Morgan fingerprint density at radius 2 is 2.12 bits per heavy atom. The van der Waals surface area contributed by atoms with Crippen molar-refractivity contribution in [2.75, 3.05) is 14.2 Å². The van der Waals surface area contributed by atoms with Gasteiger partial charge in [-0.2, -0.15) is 0 Å². The van der Waals surface area contributed by atoms with Crippen LogP contribution in [0.15, 0.2) is 12.1 Å². The minimum absolute atomic E-state index is 0.0245. The summed E-state index contributed by atoms with van der Waals surface area (Å²) in [7, 11) is 2.58. The van der Waals surface area contributed by atoms with Crippen LogP contribution < -0.4 is 4.74 Å². The zero-order chi connectivity index (χ0) is 13.0. The number of hydrogen-bond donors (Lipinski definition) is 1. The van der Waals surface area contributed by atoms with Gasteiger partial charge in [0.2, 0.25) is 0 Å². The molecule has 1 rings (SSSR count). The van der Waals surface area contributed by atoms with Gasteiger partial charge in [-0.15, -0.1) is 0 Å². The molecule has 17 heavy (non-hydrogen) atoms. The maximum absolute atomic E-state index is 13.7. The molecule has 4 nitrogen and oxygen atoms in total. The van der Waals surface area contributed by atoms with Gasteiger partial charge in [0, 0.05) is 0 Å². The summed E-state index contributed by atoms with van der Waals surface area (Å²) in [6.07, 6.45) is -1.59. The molecule has 0 aromatic heterocycles. The van der Waals surface area contributed by atoms with Crippen molar-refractivity contribution >= 4 is 5.97 Å². The third-order valence-corrected chi connectivity index (χ3v) is 2.38. The van der Waals surface area contributed by atoms with Crippen LogP contribution in [0.5, 0.6) is 5.75 Å². The van der Waals surface area contributed by atoms with Gasteiger partial charge >= 0.3 is 5.97 Å². The minimum Gasteiger partial charge on any atom is -0.496 e. The number of carbonyl (C=O) groups excluding carboxylic acids is 1. The van der Waals surface area contributed by atoms with Crippen LogP contribution in [0.3, 0.4) is 0 Å². The number of ether oxygens (including phenoxy) is 2. The van der Waals surface area contributed by atoms with E-state index in [2.05, 4.69) is 4.74 Å². The first-order chi connectivity index (χ1) is 7.99. The van der Waals surface area contributed by atoms with E-state index < -0.39 is 17.9 Å². The van der Waals surface area contributed by atoms with Crippen molar-refractivity contribution in [2.45, 2.75) is 19.4 Å². The second kappa shape index (κ2) is 5.63. The van der Waals surface area contributed by atoms with Crippen LogP contribution in [0.1, 0.15) is 23.7 Å². The second-order valence-corrected chi connectivity index (χ2v) is 3.66. The van der Waals surface area contributed by atoms with Crippen molar-refractivity contribution in [3.05, 3.63) is 29.1 Å². The van der Waals surface area contributed by atoms with Crippen LogP contribution in [0.2, 0.25) is 0 Å². The number of carbonyl (C=O) groups is 1. The summed E-state index contributed by atoms with van der Waals surface area (Å²) in [6, 6.07) is 2.87. The van der Waals surface area contributed by atoms with Crippen LogP contribution in [-0.4, -0.2) is 25.3 Å². The highest BCUT2D eigenvalue weighted by atomic mass is 19.1. The standard InChI is InChI=1S/C12H15FO4/c1-7-4-8(13)12(10(5-7)16-2)9(14)6-11(15)17-3/h4-5,9,14H,6H2,1-3H3/t9-/m0/s1. The van der Waals surface area contributed by atoms with E-state index >= 15 is 0 Å². The number of aliphatic hydroxyl groups excluding tert-OH is 1. The van der Waals surface area contributed by atoms with E-state index in [9.17, 15) is 14.3 Å². The van der Waals surface area contributed by atoms with Gasteiger partial charge in [0.1, 0.15) is 11.6 Å². The molecule has 1 aromatic carbocycles. The molecule has 0 saturated heterocycles. The Labute approximate surface area is 99.0 Å². The number of hydrogen-bond acceptors (Lipinski definition) is 4. The number of rotatable bonds is 4. The molecule has 0 spiro atoms. The monoisotopic (exact) mass is 242 g/mol. The van der Waals surface area contributed by atoms with Gasteiger partial charge in [0.05, 0.1) is 32.3 Å². The number of aryl methyl sites for hydroxylation is 1. The number of esters is 1. The Morgan fingerprint density at radius 3 is 2.65 bits per heavy atom. The molecule has 0 radical (unpaired) electrons. The number of halogens is 1. The lowest BCUT2D eigenvalue weighted by Crippen LogP contribution is -2.11. The van der Waals surface area contributed by atoms with Crippen molar-refractivity contribution in [1.82, 2.24) is 0 Å². The number of methoxy groups -OCH3 is 2. The molecule has 1 N–H and O–H groups in total. The molecule has 0 aliphatic rings. The quantitative estimate of drug-likeness (QED) is 0.817. The summed E-state index contributed by atoms with van der Waals surface area (Å²) in [5.74, 6) is -0.989. The fourth-order valence-corrected chi connectivity index (χ4v) is 1.56. The molecule has 1 atom stereocenters. The normalized spacial score (nSPS) is 12.1. The molecule has 0 aliphatic carbocycles. The molecule has 0 bridgehead atoms. The summed E-state index contributed by atoms with van der Waals surface area (Å²) < 4.78 is 23.1. The van der Waals surface area contributed by atoms with Crippen LogP contribution in [0, 0.1) is 12.7 Å². The van der Waals surface area contributed by atoms with E-state index in [1.54, 1.807) is 13.0 Å². The second-order valence-electron chi connectivity index (χ2n) is 3.66. The summed E-state index contributed by atoms with van der Waals surface area (Å²) in [5, 5.41) is 9.78. The highest BCUT2D eigenvalue weighted by Gasteiger charge is 2.21. The van der Waals surface area contributed by atoms with E-state index in [4.69, 9.17) is 4.74 Å². The molecule has 0 unspecified atom stereocenters. The first kappa shape index (κ1) is 13.4. The predicted molar refractivity (Wildman–Crippen MR) is 59.3 cm³/mol. The molecule has 0 aliphatic heterocycles. The predicted octanol–water partition coefficient (Wildman–Crippen LogP) is 1.74. The van der Waals surface area contributed by atoms with Crippen molar-refractivity contribution in [3.8, 4) is 5.75 Å². The van der Waals surface area contributed by atoms with Crippen LogP contribution in [0.25, 0.3) is 0 Å². The smallest absolute Gasteiger partial charge is 0.308 e. The topological polar surface area (TPSA) is 55.8 Å². The van der Waals surface area contributed by atoms with Crippen molar-refractivity contribution in [3.63, 3.8) is 0 Å². The van der Waals surface area contributed by atoms with E-state index in [-0.39, 0.29) is 17.7 Å². The highest BCUT2D eigenvalue weighted by Crippen LogP contribution is 2.31. The van der Waals surface area contributed by atoms with Gasteiger partial charge in [-0.25, -0.2) is 4.39 Å². The maximum Gasteiger partial charge on any atom is 0.308 e. The van der Waals surface area contributed by atoms with Crippen LogP contribution in [-0.2, 0) is 9.53 Å². The van der Waals surface area contributed by atoms with Gasteiger partial charge in [-0.1, -0.05) is 0 Å². The van der Waals surface area contributed by atoms with Gasteiger partial charge in [0.15, 0.2) is 0 Å². The molecule has 0 fully saturated rings. The molecule has 94 valence electrons. The first-order valence-electron chi connectivity index (χ1n) is 5.08. The number of benzene rings is 1. The summed E-state index contributed by atoms with van der Waals surface area (Å²) in [6.45, 7) is 1.71. The Balaban J connectivity index is 3.07. The lowest BCUT2D eigenvalue weighted by molar-refractivity contribution is -0.142. The van der Waals surface area contributed by atoms with Crippen molar-refractivity contribution in [2.24, 2.45) is 0 Å². The van der Waals surface area contributed by atoms with Crippen LogP contribution >= 0.6 is 0 Å². The van der Waals surface area contributed by atoms with E-state index in [0.29, 0.717) is 5.56 Å². The zero-order valence-electron chi connectivity index (χ0n) is 9.99. The van der Waals surface area contributed by atoms with Gasteiger partial charge in [-0.3, -0.25) is 4.79 Å². The molecule has 0 amide bonds. The Morgan fingerprint density at radius 1 is 1.47 bits per heavy atom. The molecule has 0 heterocycles. The third kappa shape index (κ3) is 3.17. The van der Waals surface area contributed by atoms with E-state index in [0.717, 1.165) is 0 Å². The average Bonchev–Trinajstić information content (AvgIpc) is 2.27. The first-order valence-corrected chi connectivity index (χ1v) is 5.08. The Hall–Kier alpha value is -1.62. The van der Waals surface area contributed by atoms with E-state index in [1.165, 1.54) is 20.3 Å². The molecular weight excluding hydrogens is 227 g/mol. The lowest BCUT2D eigenvalue weighted by Gasteiger charge is -2.15. The number of aliphatic hydroxyl groups is 1. The average molecular weight is 242 g/mol. The molecule has 1 aromatic rings. The van der Waals surface area contributed by atoms with E-state index in [1.807, 2.05) is 0 Å². The minimum atomic E-state index is -1.28.